The Balaban J connectivity index is 2.16. The number of halogens is 6. The molecule has 3 aromatic rings. The molecule has 9 nitrogen and oxygen atoms in total. The van der Waals surface area contributed by atoms with E-state index < -0.39 is 92.3 Å². The normalized spacial score (nSPS) is 14.6. The molecule has 0 radical (unpaired) electrons. The molecular weight excluding hydrogens is 698 g/mol. The van der Waals surface area contributed by atoms with Crippen molar-refractivity contribution in [1.29, 1.82) is 21.0 Å². The van der Waals surface area contributed by atoms with E-state index in [1.807, 2.05) is 0 Å². The highest BCUT2D eigenvalue weighted by Gasteiger charge is 2.46. The Bertz CT molecular complexity index is 2620. The number of ether oxygens (including phenoxy) is 1. The van der Waals surface area contributed by atoms with Crippen LogP contribution in [0.3, 0.4) is 0 Å². The van der Waals surface area contributed by atoms with E-state index in [0.29, 0.717) is 0 Å². The highest BCUT2D eigenvalue weighted by molar-refractivity contribution is 6.19. The van der Waals surface area contributed by atoms with Gasteiger partial charge < -0.3 is 4.74 Å². The largest absolute Gasteiger partial charge is 0.433 e. The summed E-state index contributed by atoms with van der Waals surface area (Å²) in [5.74, 6) is -1.24. The zero-order chi connectivity index (χ0) is 38.9. The molecule has 2 aliphatic carbocycles. The van der Waals surface area contributed by atoms with Crippen LogP contribution in [0.15, 0.2) is 47.7 Å². The van der Waals surface area contributed by atoms with Crippen molar-refractivity contribution < 1.29 is 31.1 Å². The number of fused-ring (bicyclic) bond motifs is 2. The minimum Gasteiger partial charge on any atom is -0.433 e. The Hall–Kier alpha value is -8.08. The van der Waals surface area contributed by atoms with Crippen LogP contribution in [0.25, 0.3) is 53.1 Å². The van der Waals surface area contributed by atoms with Gasteiger partial charge in [0, 0.05) is 39.0 Å². The molecule has 0 aromatic heterocycles. The third-order valence-electron chi connectivity index (χ3n) is 8.24. The van der Waals surface area contributed by atoms with Crippen LogP contribution in [-0.4, -0.2) is 6.61 Å². The fraction of sp³-hybridized carbons (Fsp3) is 0.105. The lowest BCUT2D eigenvalue weighted by atomic mass is 9.82. The maximum atomic E-state index is 15.8. The lowest BCUT2D eigenvalue weighted by molar-refractivity contribution is -0.0898. The number of hydrogen-bond donors (Lipinski definition) is 0. The smallest absolute Gasteiger partial charge is 0.387 e. The summed E-state index contributed by atoms with van der Waals surface area (Å²) in [6, 6.07) is 13.2. The molecule has 0 N–H and O–H groups in total. The van der Waals surface area contributed by atoms with Gasteiger partial charge in [-0.25, -0.2) is 36.9 Å². The van der Waals surface area contributed by atoms with Gasteiger partial charge in [-0.3, -0.25) is 0 Å². The molecule has 0 fully saturated rings. The van der Waals surface area contributed by atoms with Crippen LogP contribution in [-0.2, 0) is 4.74 Å². The van der Waals surface area contributed by atoms with Crippen molar-refractivity contribution in [2.75, 3.05) is 0 Å². The quantitative estimate of drug-likeness (QED) is 0.143. The lowest BCUT2D eigenvalue weighted by Gasteiger charge is -2.23. The van der Waals surface area contributed by atoms with Crippen molar-refractivity contribution in [2.45, 2.75) is 26.4 Å². The van der Waals surface area contributed by atoms with Gasteiger partial charge in [-0.15, -0.1) is 0 Å². The topological polar surface area (TPSA) is 122 Å². The predicted molar refractivity (Wildman–Crippen MR) is 176 cm³/mol. The van der Waals surface area contributed by atoms with E-state index in [1.54, 1.807) is 18.2 Å². The molecule has 0 heterocycles. The first-order valence-electron chi connectivity index (χ1n) is 14.5. The first-order valence-corrected chi connectivity index (χ1v) is 14.5. The first kappa shape index (κ1) is 36.2. The van der Waals surface area contributed by atoms with Gasteiger partial charge >= 0.3 is 6.61 Å². The zero-order valence-electron chi connectivity index (χ0n) is 26.4. The Kier molecular flexibility index (Phi) is 9.59. The minimum atomic E-state index is -3.80. The average molecular weight is 711 g/mol. The highest BCUT2D eigenvalue weighted by atomic mass is 19.3. The van der Waals surface area contributed by atoms with Gasteiger partial charge in [-0.2, -0.15) is 29.8 Å². The second-order valence-corrected chi connectivity index (χ2v) is 10.9. The Morgan fingerprint density at radius 3 is 1.64 bits per heavy atom. The molecule has 0 unspecified atom stereocenters. The van der Waals surface area contributed by atoms with Crippen molar-refractivity contribution in [2.24, 2.45) is 0 Å². The molecule has 0 spiro atoms. The molecule has 5 rings (SSSR count). The van der Waals surface area contributed by atoms with Gasteiger partial charge in [0.05, 0.1) is 44.0 Å². The summed E-state index contributed by atoms with van der Waals surface area (Å²) in [6.07, 6.45) is -7.44. The molecular formula is C38H12F6N8O. The minimum absolute atomic E-state index is 0.129. The van der Waals surface area contributed by atoms with Gasteiger partial charge in [-0.05, 0) is 57.7 Å². The van der Waals surface area contributed by atoms with Gasteiger partial charge in [0.25, 0.3) is 12.9 Å². The second-order valence-electron chi connectivity index (χ2n) is 10.9. The number of hydrogen-bond acceptors (Lipinski definition) is 5. The maximum Gasteiger partial charge on any atom is 0.387 e. The van der Waals surface area contributed by atoms with E-state index in [0.717, 1.165) is 30.3 Å². The zero-order valence-corrected chi connectivity index (χ0v) is 26.4. The van der Waals surface area contributed by atoms with Gasteiger partial charge in [0.2, 0.25) is 0 Å². The second kappa shape index (κ2) is 14.0. The number of nitrogens with zero attached hydrogens (tertiary/aromatic N) is 8. The van der Waals surface area contributed by atoms with Crippen LogP contribution in [0.5, 0.6) is 0 Å². The molecule has 15 heteroatoms. The van der Waals surface area contributed by atoms with Crippen molar-refractivity contribution in [3.8, 4) is 24.3 Å². The molecule has 53 heavy (non-hydrogen) atoms. The Morgan fingerprint density at radius 1 is 0.660 bits per heavy atom. The van der Waals surface area contributed by atoms with Crippen LogP contribution in [0.2, 0.25) is 0 Å². The summed E-state index contributed by atoms with van der Waals surface area (Å²) >= 11 is 0. The SMILES string of the molecule is [C-]#[N+]C1=C(C)/C(=C(\[N+]#[C-])c2cc(C#N)cc([N+]#[C-])c2)c2c1c(C(F)F)c1c(c2C(F)F)C(=C(C#N)c2cc(C#N)cc([N+]#[C-])c2)C(OC(F)F)=C1C#N. The third kappa shape index (κ3) is 5.74. The average Bonchev–Trinajstić information content (AvgIpc) is 3.60. The van der Waals surface area contributed by atoms with Crippen LogP contribution in [0.4, 0.5) is 37.7 Å². The van der Waals surface area contributed by atoms with Crippen molar-refractivity contribution in [3.63, 3.8) is 0 Å². The number of rotatable bonds is 6. The summed E-state index contributed by atoms with van der Waals surface area (Å²) in [6.45, 7) is 28.2. The molecule has 0 bridgehead atoms. The van der Waals surface area contributed by atoms with E-state index in [2.05, 4.69) is 24.1 Å². The maximum absolute atomic E-state index is 15.8. The standard InChI is InChI=1S/C38H12F6N8O/c1-16-25(34(52-5)20-7-18(13-46)9-22(11-20)50-3)28-30(33(16)51-4)31(36(39)40)26-24(15-48)35(53-38(43)44)27(29(26)32(28)37(41)42)23(14-47)19-6-17(12-45)8-21(10-19)49-2/h6-11,36-38H,1H3/b27-23?,34-25+. The first-order chi connectivity index (χ1) is 25.3. The Labute approximate surface area is 296 Å². The third-order valence-corrected chi connectivity index (χ3v) is 8.24. The van der Waals surface area contributed by atoms with Crippen LogP contribution in [0, 0.1) is 71.6 Å². The van der Waals surface area contributed by atoms with Crippen LogP contribution in [0.1, 0.15) is 75.4 Å². The van der Waals surface area contributed by atoms with Gasteiger partial charge in [-0.1, -0.05) is 19.1 Å². The summed E-state index contributed by atoms with van der Waals surface area (Å²) in [5, 5.41) is 39.9. The van der Waals surface area contributed by atoms with Gasteiger partial charge in [0.15, 0.2) is 28.5 Å². The summed E-state index contributed by atoms with van der Waals surface area (Å²) in [7, 11) is 0. The molecule has 2 aliphatic rings. The molecule has 0 aliphatic heterocycles. The fourth-order valence-corrected chi connectivity index (χ4v) is 6.37. The number of benzene rings is 3. The molecule has 0 atom stereocenters. The summed E-state index contributed by atoms with van der Waals surface area (Å²) < 4.78 is 95.3. The highest BCUT2D eigenvalue weighted by Crippen LogP contribution is 2.60. The van der Waals surface area contributed by atoms with E-state index in [9.17, 15) is 29.8 Å². The lowest BCUT2D eigenvalue weighted by Crippen LogP contribution is -2.09. The van der Waals surface area contributed by atoms with Crippen molar-refractivity contribution in [3.05, 3.63) is 149 Å². The fourth-order valence-electron chi connectivity index (χ4n) is 6.37. The van der Waals surface area contributed by atoms with Crippen LogP contribution < -0.4 is 0 Å². The number of allylic oxidation sites excluding steroid dienone is 5. The summed E-state index contributed by atoms with van der Waals surface area (Å²) in [4.78, 5) is 13.2. The number of nitriles is 4. The molecule has 0 amide bonds. The van der Waals surface area contributed by atoms with E-state index in [1.165, 1.54) is 19.1 Å². The van der Waals surface area contributed by atoms with E-state index >= 15 is 17.6 Å². The molecule has 0 saturated carbocycles. The molecule has 0 saturated heterocycles. The molecule has 252 valence electrons. The predicted octanol–water partition coefficient (Wildman–Crippen LogP) is 10.8. The molecule has 3 aromatic carbocycles. The monoisotopic (exact) mass is 710 g/mol. The van der Waals surface area contributed by atoms with Crippen molar-refractivity contribution in [1.82, 2.24) is 0 Å². The van der Waals surface area contributed by atoms with E-state index in [-0.39, 0.29) is 39.2 Å². The Morgan fingerprint density at radius 2 is 1.19 bits per heavy atom. The van der Waals surface area contributed by atoms with Crippen molar-refractivity contribution >= 4 is 45.1 Å². The van der Waals surface area contributed by atoms with E-state index in [4.69, 9.17) is 26.3 Å². The number of alkyl halides is 6. The van der Waals surface area contributed by atoms with Gasteiger partial charge in [0.1, 0.15) is 17.7 Å². The summed E-state index contributed by atoms with van der Waals surface area (Å²) in [5.41, 5.74) is -12.3. The van der Waals surface area contributed by atoms with Crippen LogP contribution >= 0.6 is 0 Å².